The maximum absolute atomic E-state index is 11.6. The molecule has 0 bridgehead atoms. The molecule has 0 saturated carbocycles. The molecule has 0 radical (unpaired) electrons. The Bertz CT molecular complexity index is 856. The molecule has 0 atom stereocenters. The van der Waals surface area contributed by atoms with Gasteiger partial charge in [-0.3, -0.25) is 9.59 Å². The third-order valence-corrected chi connectivity index (χ3v) is 4.35. The number of esters is 1. The minimum atomic E-state index is -0.406. The highest BCUT2D eigenvalue weighted by Gasteiger charge is 2.16. The lowest BCUT2D eigenvalue weighted by Crippen LogP contribution is -2.07. The predicted molar refractivity (Wildman–Crippen MR) is 105 cm³/mol. The molecule has 6 nitrogen and oxygen atoms in total. The van der Waals surface area contributed by atoms with Crippen LogP contribution in [-0.2, 0) is 29.0 Å². The molecule has 0 aliphatic heterocycles. The zero-order valence-corrected chi connectivity index (χ0v) is 16.4. The summed E-state index contributed by atoms with van der Waals surface area (Å²) in [6.07, 6.45) is 1.42. The summed E-state index contributed by atoms with van der Waals surface area (Å²) in [4.78, 5) is 23.2. The fourth-order valence-electron chi connectivity index (χ4n) is 2.94. The third-order valence-electron chi connectivity index (χ3n) is 4.35. The molecule has 150 valence electrons. The van der Waals surface area contributed by atoms with E-state index in [1.807, 2.05) is 6.92 Å². The smallest absolute Gasteiger partial charge is 0.310 e. The fourth-order valence-corrected chi connectivity index (χ4v) is 2.94. The quantitative estimate of drug-likeness (QED) is 0.501. The SMILES string of the molecule is CCCc1c(COc2ccc(CC(=O)OCC)c(O)c2)ccc(C(C)=O)c1O. The first-order chi connectivity index (χ1) is 13.4. The van der Waals surface area contributed by atoms with Crippen LogP contribution in [0.5, 0.6) is 17.2 Å². The minimum Gasteiger partial charge on any atom is -0.508 e. The highest BCUT2D eigenvalue weighted by atomic mass is 16.5. The number of rotatable bonds is 9. The van der Waals surface area contributed by atoms with Crippen LogP contribution in [0.3, 0.4) is 0 Å². The number of carbonyl (C=O) groups excluding carboxylic acids is 2. The summed E-state index contributed by atoms with van der Waals surface area (Å²) >= 11 is 0. The van der Waals surface area contributed by atoms with E-state index in [9.17, 15) is 19.8 Å². The average Bonchev–Trinajstić information content (AvgIpc) is 2.64. The molecule has 0 unspecified atom stereocenters. The van der Waals surface area contributed by atoms with Gasteiger partial charge in [-0.25, -0.2) is 0 Å². The molecule has 0 aliphatic rings. The summed E-state index contributed by atoms with van der Waals surface area (Å²) in [7, 11) is 0. The summed E-state index contributed by atoms with van der Waals surface area (Å²) in [5.41, 5.74) is 2.23. The Morgan fingerprint density at radius 3 is 2.36 bits per heavy atom. The van der Waals surface area contributed by atoms with Gasteiger partial charge in [0.2, 0.25) is 0 Å². The molecular formula is C22H26O6. The Hall–Kier alpha value is -3.02. The van der Waals surface area contributed by atoms with Gasteiger partial charge in [0.1, 0.15) is 23.9 Å². The van der Waals surface area contributed by atoms with Gasteiger partial charge >= 0.3 is 5.97 Å². The van der Waals surface area contributed by atoms with Crippen molar-refractivity contribution in [3.05, 3.63) is 52.6 Å². The Balaban J connectivity index is 2.15. The van der Waals surface area contributed by atoms with Gasteiger partial charge in [-0.2, -0.15) is 0 Å². The van der Waals surface area contributed by atoms with Crippen LogP contribution in [0, 0.1) is 0 Å². The lowest BCUT2D eigenvalue weighted by molar-refractivity contribution is -0.142. The van der Waals surface area contributed by atoms with Crippen LogP contribution in [0.25, 0.3) is 0 Å². The standard InChI is InChI=1S/C22H26O6/c1-4-6-19-16(8-10-18(14(3)23)22(19)26)13-28-17-9-7-15(20(24)12-17)11-21(25)27-5-2/h7-10,12,24,26H,4-6,11,13H2,1-3H3. The van der Waals surface area contributed by atoms with E-state index in [2.05, 4.69) is 0 Å². The van der Waals surface area contributed by atoms with Crippen molar-refractivity contribution in [1.82, 2.24) is 0 Å². The largest absolute Gasteiger partial charge is 0.508 e. The summed E-state index contributed by atoms with van der Waals surface area (Å²) in [5, 5.41) is 20.5. The predicted octanol–water partition coefficient (Wildman–Crippen LogP) is 3.94. The van der Waals surface area contributed by atoms with Crippen LogP contribution < -0.4 is 4.74 Å². The summed E-state index contributed by atoms with van der Waals surface area (Å²) < 4.78 is 10.6. The van der Waals surface area contributed by atoms with Crippen LogP contribution >= 0.6 is 0 Å². The van der Waals surface area contributed by atoms with Crippen molar-refractivity contribution in [2.24, 2.45) is 0 Å². The zero-order valence-electron chi connectivity index (χ0n) is 16.4. The minimum absolute atomic E-state index is 0.00285. The summed E-state index contributed by atoms with van der Waals surface area (Å²) in [6, 6.07) is 8.09. The number of ketones is 1. The second-order valence-corrected chi connectivity index (χ2v) is 6.47. The van der Waals surface area contributed by atoms with Gasteiger partial charge < -0.3 is 19.7 Å². The summed E-state index contributed by atoms with van der Waals surface area (Å²) in [6.45, 7) is 5.60. The second kappa shape index (κ2) is 9.78. The van der Waals surface area contributed by atoms with E-state index < -0.39 is 5.97 Å². The van der Waals surface area contributed by atoms with Crippen molar-refractivity contribution in [3.63, 3.8) is 0 Å². The van der Waals surface area contributed by atoms with Crippen molar-refractivity contribution in [2.45, 2.75) is 46.6 Å². The van der Waals surface area contributed by atoms with Crippen molar-refractivity contribution >= 4 is 11.8 Å². The highest BCUT2D eigenvalue weighted by Crippen LogP contribution is 2.30. The molecule has 0 spiro atoms. The number of carbonyl (C=O) groups is 2. The van der Waals surface area contributed by atoms with Crippen LogP contribution in [0.15, 0.2) is 30.3 Å². The van der Waals surface area contributed by atoms with Crippen LogP contribution in [0.2, 0.25) is 0 Å². The van der Waals surface area contributed by atoms with E-state index in [1.165, 1.54) is 13.0 Å². The summed E-state index contributed by atoms with van der Waals surface area (Å²) in [5.74, 6) is -0.207. The number of hydrogen-bond donors (Lipinski definition) is 2. The maximum atomic E-state index is 11.6. The number of ether oxygens (including phenoxy) is 2. The van der Waals surface area contributed by atoms with E-state index in [0.717, 1.165) is 12.0 Å². The Labute approximate surface area is 164 Å². The number of phenols is 2. The molecule has 0 aromatic heterocycles. The normalized spacial score (nSPS) is 10.5. The Morgan fingerprint density at radius 1 is 1.04 bits per heavy atom. The number of hydrogen-bond acceptors (Lipinski definition) is 6. The van der Waals surface area contributed by atoms with Crippen LogP contribution in [0.4, 0.5) is 0 Å². The molecule has 0 aliphatic carbocycles. The second-order valence-electron chi connectivity index (χ2n) is 6.47. The topological polar surface area (TPSA) is 93.1 Å². The Morgan fingerprint density at radius 2 is 1.75 bits per heavy atom. The molecule has 2 rings (SSSR count). The fraction of sp³-hybridized carbons (Fsp3) is 0.364. The highest BCUT2D eigenvalue weighted by molar-refractivity contribution is 5.97. The van der Waals surface area contributed by atoms with Crippen LogP contribution in [-0.4, -0.2) is 28.6 Å². The average molecular weight is 386 g/mol. The molecule has 0 saturated heterocycles. The van der Waals surface area contributed by atoms with Gasteiger partial charge in [-0.15, -0.1) is 0 Å². The molecule has 0 amide bonds. The van der Waals surface area contributed by atoms with Crippen molar-refractivity contribution in [3.8, 4) is 17.2 Å². The molecule has 0 heterocycles. The van der Waals surface area contributed by atoms with Gasteiger partial charge in [0.25, 0.3) is 0 Å². The van der Waals surface area contributed by atoms with Crippen molar-refractivity contribution in [2.75, 3.05) is 6.61 Å². The molecule has 2 aromatic carbocycles. The van der Waals surface area contributed by atoms with E-state index in [0.29, 0.717) is 28.9 Å². The zero-order chi connectivity index (χ0) is 20.7. The van der Waals surface area contributed by atoms with Gasteiger partial charge in [0, 0.05) is 17.2 Å². The van der Waals surface area contributed by atoms with E-state index >= 15 is 0 Å². The van der Waals surface area contributed by atoms with E-state index in [4.69, 9.17) is 9.47 Å². The lowest BCUT2D eigenvalue weighted by atomic mass is 9.97. The molecule has 2 N–H and O–H groups in total. The van der Waals surface area contributed by atoms with Gasteiger partial charge in [0.15, 0.2) is 5.78 Å². The third kappa shape index (κ3) is 5.25. The van der Waals surface area contributed by atoms with Gasteiger partial charge in [0.05, 0.1) is 18.6 Å². The molecule has 28 heavy (non-hydrogen) atoms. The van der Waals surface area contributed by atoms with Gasteiger partial charge in [-0.05, 0) is 38.0 Å². The number of Topliss-reactive ketones (excluding diaryl/α,β-unsaturated/α-hetero) is 1. The van der Waals surface area contributed by atoms with Gasteiger partial charge in [-0.1, -0.05) is 25.5 Å². The monoisotopic (exact) mass is 386 g/mol. The first-order valence-corrected chi connectivity index (χ1v) is 9.32. The van der Waals surface area contributed by atoms with Crippen molar-refractivity contribution < 1.29 is 29.3 Å². The first kappa shape index (κ1) is 21.3. The van der Waals surface area contributed by atoms with Crippen molar-refractivity contribution in [1.29, 1.82) is 0 Å². The first-order valence-electron chi connectivity index (χ1n) is 9.32. The maximum Gasteiger partial charge on any atom is 0.310 e. The molecule has 6 heteroatoms. The number of phenolic OH excluding ortho intramolecular Hbond substituents is 2. The molecular weight excluding hydrogens is 360 g/mol. The number of aromatic hydroxyl groups is 2. The Kier molecular flexibility index (Phi) is 7.44. The van der Waals surface area contributed by atoms with E-state index in [-0.39, 0.29) is 36.9 Å². The molecule has 0 fully saturated rings. The van der Waals surface area contributed by atoms with Crippen LogP contribution in [0.1, 0.15) is 54.2 Å². The molecule has 2 aromatic rings. The van der Waals surface area contributed by atoms with E-state index in [1.54, 1.807) is 31.2 Å². The lowest BCUT2D eigenvalue weighted by Gasteiger charge is -2.15. The number of benzene rings is 2.